The molecule has 1 rings (SSSR count). The van der Waals surface area contributed by atoms with Crippen molar-refractivity contribution < 1.29 is 14.3 Å². The smallest absolute Gasteiger partial charge is 0.408 e. The van der Waals surface area contributed by atoms with E-state index in [4.69, 9.17) is 4.74 Å². The van der Waals surface area contributed by atoms with Crippen molar-refractivity contribution >= 4 is 11.9 Å². The zero-order valence-electron chi connectivity index (χ0n) is 11.1. The van der Waals surface area contributed by atoms with Gasteiger partial charge in [0.25, 0.3) is 0 Å². The predicted octanol–water partition coefficient (Wildman–Crippen LogP) is 0.306. The number of aromatic nitrogens is 4. The SMILES string of the molecule is CC(NC(=O)OC(C)(C)C)C(=O)c1nnnn1C. The first-order valence-electron chi connectivity index (χ1n) is 5.47. The molecule has 0 aromatic carbocycles. The molecule has 0 aliphatic heterocycles. The van der Waals surface area contributed by atoms with E-state index in [0.717, 1.165) is 0 Å². The lowest BCUT2D eigenvalue weighted by Crippen LogP contribution is -2.42. The summed E-state index contributed by atoms with van der Waals surface area (Å²) in [5, 5.41) is 12.9. The molecule has 100 valence electrons. The van der Waals surface area contributed by atoms with Crippen LogP contribution >= 0.6 is 0 Å². The molecule has 1 atom stereocenters. The second-order valence-electron chi connectivity index (χ2n) is 4.86. The normalized spacial score (nSPS) is 12.9. The molecular weight excluding hydrogens is 238 g/mol. The van der Waals surface area contributed by atoms with Crippen LogP contribution < -0.4 is 5.32 Å². The van der Waals surface area contributed by atoms with E-state index in [-0.39, 0.29) is 11.6 Å². The van der Waals surface area contributed by atoms with E-state index in [2.05, 4.69) is 20.8 Å². The lowest BCUT2D eigenvalue weighted by molar-refractivity contribution is 0.0495. The van der Waals surface area contributed by atoms with Crippen LogP contribution in [-0.2, 0) is 11.8 Å². The summed E-state index contributed by atoms with van der Waals surface area (Å²) in [7, 11) is 1.55. The Morgan fingerprint density at radius 3 is 2.44 bits per heavy atom. The Hall–Kier alpha value is -1.99. The third kappa shape index (κ3) is 3.79. The first kappa shape index (κ1) is 14.1. The van der Waals surface area contributed by atoms with E-state index in [0.29, 0.717) is 0 Å². The van der Waals surface area contributed by atoms with Gasteiger partial charge in [0.05, 0.1) is 6.04 Å². The molecule has 1 aromatic heterocycles. The standard InChI is InChI=1S/C10H17N5O3/c1-6(11-9(17)18-10(2,3)4)7(16)8-12-13-14-15(8)5/h6H,1-5H3,(H,11,17). The number of hydrogen-bond acceptors (Lipinski definition) is 6. The van der Waals surface area contributed by atoms with Gasteiger partial charge in [-0.15, -0.1) is 5.10 Å². The van der Waals surface area contributed by atoms with Gasteiger partial charge in [0.15, 0.2) is 0 Å². The minimum absolute atomic E-state index is 0.0820. The highest BCUT2D eigenvalue weighted by atomic mass is 16.6. The Morgan fingerprint density at radius 1 is 1.39 bits per heavy atom. The Kier molecular flexibility index (Phi) is 4.00. The van der Waals surface area contributed by atoms with Gasteiger partial charge in [-0.1, -0.05) is 0 Å². The Labute approximate surface area is 105 Å². The lowest BCUT2D eigenvalue weighted by Gasteiger charge is -2.21. The molecule has 0 spiro atoms. The number of tetrazole rings is 1. The zero-order valence-corrected chi connectivity index (χ0v) is 11.1. The largest absolute Gasteiger partial charge is 0.444 e. The third-order valence-electron chi connectivity index (χ3n) is 1.97. The fourth-order valence-electron chi connectivity index (χ4n) is 1.18. The van der Waals surface area contributed by atoms with E-state index >= 15 is 0 Å². The first-order chi connectivity index (χ1) is 8.20. The van der Waals surface area contributed by atoms with Gasteiger partial charge >= 0.3 is 6.09 Å². The number of carbonyl (C=O) groups excluding carboxylic acids is 2. The van der Waals surface area contributed by atoms with Gasteiger partial charge in [-0.05, 0) is 38.1 Å². The number of nitrogens with one attached hydrogen (secondary N) is 1. The van der Waals surface area contributed by atoms with Crippen LogP contribution in [0, 0.1) is 0 Å². The van der Waals surface area contributed by atoms with Crippen molar-refractivity contribution in [2.24, 2.45) is 7.05 Å². The molecule has 0 saturated carbocycles. The number of ketones is 1. The minimum atomic E-state index is -0.760. The number of rotatable bonds is 3. The fourth-order valence-corrected chi connectivity index (χ4v) is 1.18. The highest BCUT2D eigenvalue weighted by molar-refractivity contribution is 5.98. The molecule has 1 aromatic rings. The molecule has 1 N–H and O–H groups in total. The van der Waals surface area contributed by atoms with Gasteiger partial charge in [0, 0.05) is 7.05 Å². The van der Waals surface area contributed by atoms with E-state index in [9.17, 15) is 9.59 Å². The zero-order chi connectivity index (χ0) is 13.9. The monoisotopic (exact) mass is 255 g/mol. The lowest BCUT2D eigenvalue weighted by atomic mass is 10.2. The molecule has 18 heavy (non-hydrogen) atoms. The molecule has 1 amide bonds. The Morgan fingerprint density at radius 2 is 2.00 bits per heavy atom. The van der Waals surface area contributed by atoms with Crippen LogP contribution in [0.4, 0.5) is 4.79 Å². The van der Waals surface area contributed by atoms with Gasteiger partial charge < -0.3 is 10.1 Å². The van der Waals surface area contributed by atoms with Crippen molar-refractivity contribution in [1.29, 1.82) is 0 Å². The average molecular weight is 255 g/mol. The highest BCUT2D eigenvalue weighted by Gasteiger charge is 2.24. The van der Waals surface area contributed by atoms with E-state index < -0.39 is 17.7 Å². The van der Waals surface area contributed by atoms with Gasteiger partial charge in [0.2, 0.25) is 11.6 Å². The number of alkyl carbamates (subject to hydrolysis) is 1. The van der Waals surface area contributed by atoms with Crippen LogP contribution in [0.15, 0.2) is 0 Å². The predicted molar refractivity (Wildman–Crippen MR) is 62.0 cm³/mol. The van der Waals surface area contributed by atoms with Crippen molar-refractivity contribution in [2.45, 2.75) is 39.3 Å². The maximum Gasteiger partial charge on any atom is 0.408 e. The number of ether oxygens (including phenoxy) is 1. The van der Waals surface area contributed by atoms with E-state index in [1.165, 1.54) is 4.68 Å². The third-order valence-corrected chi connectivity index (χ3v) is 1.97. The number of nitrogens with zero attached hydrogens (tertiary/aromatic N) is 4. The van der Waals surface area contributed by atoms with Crippen LogP contribution in [0.3, 0.4) is 0 Å². The quantitative estimate of drug-likeness (QED) is 0.780. The molecule has 1 unspecified atom stereocenters. The average Bonchev–Trinajstić information content (AvgIpc) is 2.60. The van der Waals surface area contributed by atoms with Crippen molar-refractivity contribution in [1.82, 2.24) is 25.5 Å². The molecule has 0 radical (unpaired) electrons. The van der Waals surface area contributed by atoms with Crippen LogP contribution in [0.1, 0.15) is 38.3 Å². The van der Waals surface area contributed by atoms with Crippen LogP contribution in [0.5, 0.6) is 0 Å². The summed E-state index contributed by atoms with van der Waals surface area (Å²) < 4.78 is 6.29. The van der Waals surface area contributed by atoms with Crippen molar-refractivity contribution in [2.75, 3.05) is 0 Å². The molecule has 8 nitrogen and oxygen atoms in total. The summed E-state index contributed by atoms with van der Waals surface area (Å²) in [5.74, 6) is -0.299. The topological polar surface area (TPSA) is 99.0 Å². The summed E-state index contributed by atoms with van der Waals surface area (Å²) in [4.78, 5) is 23.4. The minimum Gasteiger partial charge on any atom is -0.444 e. The molecule has 1 heterocycles. The molecule has 0 bridgehead atoms. The van der Waals surface area contributed by atoms with Gasteiger partial charge in [-0.3, -0.25) is 4.79 Å². The number of hydrogen-bond donors (Lipinski definition) is 1. The highest BCUT2D eigenvalue weighted by Crippen LogP contribution is 2.07. The van der Waals surface area contributed by atoms with E-state index in [1.807, 2.05) is 0 Å². The summed E-state index contributed by atoms with van der Waals surface area (Å²) in [6.07, 6.45) is -0.654. The molecule has 0 aliphatic rings. The summed E-state index contributed by atoms with van der Waals surface area (Å²) in [6, 6.07) is -0.760. The summed E-state index contributed by atoms with van der Waals surface area (Å²) in [5.41, 5.74) is -0.612. The van der Waals surface area contributed by atoms with Crippen LogP contribution in [0.2, 0.25) is 0 Å². The van der Waals surface area contributed by atoms with Crippen molar-refractivity contribution in [3.63, 3.8) is 0 Å². The van der Waals surface area contributed by atoms with Crippen molar-refractivity contribution in [3.05, 3.63) is 5.82 Å². The Bertz CT molecular complexity index is 449. The molecule has 8 heteroatoms. The van der Waals surface area contributed by atoms with Gasteiger partial charge in [-0.25, -0.2) is 9.48 Å². The maximum atomic E-state index is 11.9. The van der Waals surface area contributed by atoms with Crippen LogP contribution in [-0.4, -0.2) is 43.7 Å². The van der Waals surface area contributed by atoms with E-state index in [1.54, 1.807) is 34.7 Å². The Balaban J connectivity index is 2.61. The molecule has 0 fully saturated rings. The second-order valence-corrected chi connectivity index (χ2v) is 4.86. The summed E-state index contributed by atoms with van der Waals surface area (Å²) in [6.45, 7) is 6.77. The molecule has 0 aliphatic carbocycles. The fraction of sp³-hybridized carbons (Fsp3) is 0.700. The number of Topliss-reactive ketones (excluding diaryl/α,β-unsaturated/α-hetero) is 1. The van der Waals surface area contributed by atoms with Gasteiger partial charge in [-0.2, -0.15) is 0 Å². The first-order valence-corrected chi connectivity index (χ1v) is 5.47. The molecular formula is C10H17N5O3. The molecule has 0 saturated heterocycles. The number of carbonyl (C=O) groups is 2. The number of aryl methyl sites for hydroxylation is 1. The van der Waals surface area contributed by atoms with Gasteiger partial charge in [0.1, 0.15) is 5.60 Å². The number of amides is 1. The van der Waals surface area contributed by atoms with Crippen molar-refractivity contribution in [3.8, 4) is 0 Å². The second kappa shape index (κ2) is 5.11. The summed E-state index contributed by atoms with van der Waals surface area (Å²) >= 11 is 0. The maximum absolute atomic E-state index is 11.9. The van der Waals surface area contributed by atoms with Crippen LogP contribution in [0.25, 0.3) is 0 Å².